The van der Waals surface area contributed by atoms with Crippen LogP contribution in [-0.4, -0.2) is 39.2 Å². The van der Waals surface area contributed by atoms with Crippen LogP contribution in [0.4, 0.5) is 16.4 Å². The molecule has 3 heterocycles. The van der Waals surface area contributed by atoms with E-state index < -0.39 is 0 Å². The highest BCUT2D eigenvalue weighted by molar-refractivity contribution is 5.99. The van der Waals surface area contributed by atoms with Gasteiger partial charge in [0.05, 0.1) is 5.69 Å². The third-order valence-electron chi connectivity index (χ3n) is 5.04. The van der Waals surface area contributed by atoms with Gasteiger partial charge in [-0.05, 0) is 26.7 Å². The molecule has 0 bridgehead atoms. The lowest BCUT2D eigenvalue weighted by Crippen LogP contribution is -2.22. The number of anilines is 2. The number of aromatic nitrogens is 4. The third kappa shape index (κ3) is 4.48. The van der Waals surface area contributed by atoms with Crippen molar-refractivity contribution in [2.75, 3.05) is 23.8 Å². The van der Waals surface area contributed by atoms with Crippen LogP contribution in [0.1, 0.15) is 44.3 Å². The molecule has 2 amide bonds. The van der Waals surface area contributed by atoms with Gasteiger partial charge in [0, 0.05) is 48.6 Å². The van der Waals surface area contributed by atoms with Gasteiger partial charge in [0.15, 0.2) is 5.82 Å². The molecule has 1 fully saturated rings. The number of hydrogen-bond donors (Lipinski definition) is 3. The van der Waals surface area contributed by atoms with Gasteiger partial charge in [-0.15, -0.1) is 0 Å². The van der Waals surface area contributed by atoms with Gasteiger partial charge < -0.3 is 4.74 Å². The molecule has 152 valence electrons. The van der Waals surface area contributed by atoms with E-state index >= 15 is 0 Å². The maximum Gasteiger partial charge on any atom is 0.326 e. The smallest absolute Gasteiger partial charge is 0.326 e. The Hall–Kier alpha value is -3.13. The second-order valence-corrected chi connectivity index (χ2v) is 7.49. The Morgan fingerprint density at radius 2 is 1.93 bits per heavy atom. The van der Waals surface area contributed by atoms with Crippen LogP contribution in [0.25, 0.3) is 11.3 Å². The van der Waals surface area contributed by atoms with Gasteiger partial charge in [-0.3, -0.25) is 15.7 Å². The summed E-state index contributed by atoms with van der Waals surface area (Å²) in [6, 6.07) is 13.4. The standard InChI is InChI=1S/C21H26N6O2/c1-14(2)27-20(13-18(26-27)15-6-4-3-5-7-15)23-21(28)22-19-12-17(24-25-19)16-8-10-29-11-9-16/h3-7,12-14,16H,8-11H2,1-2H3,(H3,22,23,24,25,28). The number of hydrogen-bond acceptors (Lipinski definition) is 4. The van der Waals surface area contributed by atoms with E-state index in [-0.39, 0.29) is 12.1 Å². The summed E-state index contributed by atoms with van der Waals surface area (Å²) in [5.74, 6) is 1.53. The molecule has 0 atom stereocenters. The van der Waals surface area contributed by atoms with Gasteiger partial charge >= 0.3 is 6.03 Å². The number of urea groups is 1. The number of rotatable bonds is 5. The van der Waals surface area contributed by atoms with Crippen LogP contribution in [0.15, 0.2) is 42.5 Å². The van der Waals surface area contributed by atoms with Crippen LogP contribution >= 0.6 is 0 Å². The van der Waals surface area contributed by atoms with Crippen molar-refractivity contribution in [3.05, 3.63) is 48.2 Å². The molecule has 3 N–H and O–H groups in total. The number of nitrogens with one attached hydrogen (secondary N) is 3. The number of amides is 2. The zero-order valence-electron chi connectivity index (χ0n) is 16.7. The molecule has 2 aromatic heterocycles. The number of benzene rings is 1. The fraction of sp³-hybridized carbons (Fsp3) is 0.381. The molecule has 29 heavy (non-hydrogen) atoms. The monoisotopic (exact) mass is 394 g/mol. The van der Waals surface area contributed by atoms with Crippen molar-refractivity contribution in [1.29, 1.82) is 0 Å². The molecule has 8 heteroatoms. The van der Waals surface area contributed by atoms with Crippen LogP contribution < -0.4 is 10.6 Å². The maximum absolute atomic E-state index is 12.6. The van der Waals surface area contributed by atoms with E-state index in [1.165, 1.54) is 0 Å². The number of ether oxygens (including phenoxy) is 1. The van der Waals surface area contributed by atoms with Crippen LogP contribution in [0.5, 0.6) is 0 Å². The van der Waals surface area contributed by atoms with Crippen molar-refractivity contribution in [1.82, 2.24) is 20.0 Å². The Bertz CT molecular complexity index is 957. The zero-order valence-corrected chi connectivity index (χ0v) is 16.7. The first-order valence-corrected chi connectivity index (χ1v) is 9.96. The van der Waals surface area contributed by atoms with Crippen molar-refractivity contribution >= 4 is 17.7 Å². The molecular formula is C21H26N6O2. The topological polar surface area (TPSA) is 96.9 Å². The molecule has 4 rings (SSSR count). The Labute approximate surface area is 169 Å². The SMILES string of the molecule is CC(C)n1nc(-c2ccccc2)cc1NC(=O)Nc1cc(C2CCOCC2)[nH]n1. The quantitative estimate of drug-likeness (QED) is 0.598. The van der Waals surface area contributed by atoms with E-state index in [4.69, 9.17) is 4.74 Å². The summed E-state index contributed by atoms with van der Waals surface area (Å²) >= 11 is 0. The minimum Gasteiger partial charge on any atom is -0.381 e. The van der Waals surface area contributed by atoms with E-state index in [1.54, 1.807) is 4.68 Å². The summed E-state index contributed by atoms with van der Waals surface area (Å²) < 4.78 is 7.21. The first-order chi connectivity index (χ1) is 14.1. The number of nitrogens with zero attached hydrogens (tertiary/aromatic N) is 3. The largest absolute Gasteiger partial charge is 0.381 e. The molecule has 1 aliphatic heterocycles. The van der Waals surface area contributed by atoms with Crippen LogP contribution in [0, 0.1) is 0 Å². The van der Waals surface area contributed by atoms with Crippen molar-refractivity contribution < 1.29 is 9.53 Å². The van der Waals surface area contributed by atoms with E-state index in [9.17, 15) is 4.79 Å². The van der Waals surface area contributed by atoms with Crippen LogP contribution in [0.3, 0.4) is 0 Å². The summed E-state index contributed by atoms with van der Waals surface area (Å²) in [7, 11) is 0. The Kier molecular flexibility index (Phi) is 5.62. The van der Waals surface area contributed by atoms with Gasteiger partial charge in [0.25, 0.3) is 0 Å². The normalized spacial score (nSPS) is 14.9. The fourth-order valence-corrected chi connectivity index (χ4v) is 3.51. The molecule has 0 aliphatic carbocycles. The third-order valence-corrected chi connectivity index (χ3v) is 5.04. The Balaban J connectivity index is 1.45. The van der Waals surface area contributed by atoms with E-state index in [2.05, 4.69) is 25.9 Å². The Morgan fingerprint density at radius 3 is 2.66 bits per heavy atom. The van der Waals surface area contributed by atoms with Crippen molar-refractivity contribution in [3.63, 3.8) is 0 Å². The summed E-state index contributed by atoms with van der Waals surface area (Å²) in [6.07, 6.45) is 1.92. The summed E-state index contributed by atoms with van der Waals surface area (Å²) in [5, 5.41) is 17.6. The maximum atomic E-state index is 12.6. The lowest BCUT2D eigenvalue weighted by molar-refractivity contribution is 0.0845. The molecule has 8 nitrogen and oxygen atoms in total. The molecule has 0 saturated carbocycles. The summed E-state index contributed by atoms with van der Waals surface area (Å²) in [4.78, 5) is 12.6. The molecule has 0 radical (unpaired) electrons. The fourth-order valence-electron chi connectivity index (χ4n) is 3.51. The molecule has 1 aliphatic rings. The van der Waals surface area contributed by atoms with E-state index in [1.807, 2.05) is 56.3 Å². The van der Waals surface area contributed by atoms with Gasteiger partial charge in [0.2, 0.25) is 0 Å². The van der Waals surface area contributed by atoms with E-state index in [0.29, 0.717) is 17.6 Å². The predicted octanol–water partition coefficient (Wildman–Crippen LogP) is 4.39. The Morgan fingerprint density at radius 1 is 1.17 bits per heavy atom. The number of carbonyl (C=O) groups excluding carboxylic acids is 1. The molecule has 1 aromatic carbocycles. The molecule has 3 aromatic rings. The zero-order chi connectivity index (χ0) is 20.2. The lowest BCUT2D eigenvalue weighted by atomic mass is 9.97. The molecule has 0 spiro atoms. The van der Waals surface area contributed by atoms with Crippen LogP contribution in [0.2, 0.25) is 0 Å². The van der Waals surface area contributed by atoms with Gasteiger partial charge in [-0.25, -0.2) is 9.48 Å². The highest BCUT2D eigenvalue weighted by Gasteiger charge is 2.19. The lowest BCUT2D eigenvalue weighted by Gasteiger charge is -2.20. The van der Waals surface area contributed by atoms with Crippen molar-refractivity contribution in [2.45, 2.75) is 38.6 Å². The average Bonchev–Trinajstić information content (AvgIpc) is 3.37. The van der Waals surface area contributed by atoms with Gasteiger partial charge in [-0.1, -0.05) is 30.3 Å². The minimum absolute atomic E-state index is 0.105. The first kappa shape index (κ1) is 19.2. The second kappa shape index (κ2) is 8.48. The van der Waals surface area contributed by atoms with Crippen molar-refractivity contribution in [2.24, 2.45) is 0 Å². The number of carbonyl (C=O) groups is 1. The molecular weight excluding hydrogens is 368 g/mol. The van der Waals surface area contributed by atoms with E-state index in [0.717, 1.165) is 43.0 Å². The first-order valence-electron chi connectivity index (χ1n) is 9.96. The van der Waals surface area contributed by atoms with Crippen molar-refractivity contribution in [3.8, 4) is 11.3 Å². The number of aromatic amines is 1. The molecule has 1 saturated heterocycles. The van der Waals surface area contributed by atoms with Crippen LogP contribution in [-0.2, 0) is 4.74 Å². The highest BCUT2D eigenvalue weighted by Crippen LogP contribution is 2.27. The van der Waals surface area contributed by atoms with Gasteiger partial charge in [-0.2, -0.15) is 10.2 Å². The number of H-pyrrole nitrogens is 1. The second-order valence-electron chi connectivity index (χ2n) is 7.49. The van der Waals surface area contributed by atoms with Gasteiger partial charge in [0.1, 0.15) is 5.82 Å². The molecule has 0 unspecified atom stereocenters. The summed E-state index contributed by atoms with van der Waals surface area (Å²) in [5.41, 5.74) is 2.85. The summed E-state index contributed by atoms with van der Waals surface area (Å²) in [6.45, 7) is 5.57. The minimum atomic E-state index is -0.351. The predicted molar refractivity (Wildman–Crippen MR) is 112 cm³/mol. The average molecular weight is 394 g/mol. The highest BCUT2D eigenvalue weighted by atomic mass is 16.5.